The zero-order valence-corrected chi connectivity index (χ0v) is 12.5. The molecule has 0 spiro atoms. The number of nitrogens with zero attached hydrogens (tertiary/aromatic N) is 1. The van der Waals surface area contributed by atoms with Gasteiger partial charge < -0.3 is 4.74 Å². The van der Waals surface area contributed by atoms with Gasteiger partial charge in [0, 0.05) is 27.9 Å². The Morgan fingerprint density at radius 1 is 1.05 bits per heavy atom. The van der Waals surface area contributed by atoms with Crippen molar-refractivity contribution in [1.82, 2.24) is 0 Å². The Bertz CT molecular complexity index is 640. The molecule has 1 unspecified atom stereocenters. The minimum atomic E-state index is -0.919. The fourth-order valence-electron chi connectivity index (χ4n) is 2.27. The van der Waals surface area contributed by atoms with Crippen LogP contribution < -0.4 is 0 Å². The predicted octanol–water partition coefficient (Wildman–Crippen LogP) is 2.78. The Hall–Kier alpha value is -1.94. The molecule has 0 fully saturated rings. The summed E-state index contributed by atoms with van der Waals surface area (Å²) in [6.07, 6.45) is 0. The largest absolute Gasteiger partial charge is 0.475 e. The summed E-state index contributed by atoms with van der Waals surface area (Å²) in [6.45, 7) is 0.519. The van der Waals surface area contributed by atoms with Crippen LogP contribution in [0.5, 0.6) is 0 Å². The van der Waals surface area contributed by atoms with Crippen molar-refractivity contribution < 1.29 is 8.95 Å². The molecule has 1 heterocycles. The van der Waals surface area contributed by atoms with E-state index in [0.29, 0.717) is 24.0 Å². The highest BCUT2D eigenvalue weighted by Gasteiger charge is 2.22. The van der Waals surface area contributed by atoms with Crippen LogP contribution in [0.2, 0.25) is 0 Å². The van der Waals surface area contributed by atoms with E-state index in [0.717, 1.165) is 11.1 Å². The van der Waals surface area contributed by atoms with Gasteiger partial charge >= 0.3 is 0 Å². The zero-order chi connectivity index (χ0) is 14.5. The quantitative estimate of drug-likeness (QED) is 0.851. The van der Waals surface area contributed by atoms with Gasteiger partial charge in [-0.2, -0.15) is 0 Å². The minimum absolute atomic E-state index is 0.00949. The molecule has 2 aromatic carbocycles. The molecular formula is C17H17NO2S. The maximum atomic E-state index is 12.2. The smallest absolute Gasteiger partial charge is 0.216 e. The second-order valence-electron chi connectivity index (χ2n) is 5.00. The summed E-state index contributed by atoms with van der Waals surface area (Å²) in [7, 11) is -0.919. The van der Waals surface area contributed by atoms with Gasteiger partial charge in [0.15, 0.2) is 0 Å². The molecular weight excluding hydrogens is 282 g/mol. The molecule has 2 aromatic rings. The van der Waals surface area contributed by atoms with Gasteiger partial charge in [0.05, 0.1) is 6.04 Å². The third-order valence-electron chi connectivity index (χ3n) is 3.28. The SMILES string of the molecule is O=S(Cc1ccccc1)C[C@H]1COC(c2ccccc2)=N1. The zero-order valence-electron chi connectivity index (χ0n) is 11.6. The van der Waals surface area contributed by atoms with Crippen LogP contribution in [-0.4, -0.2) is 28.5 Å². The molecule has 0 aliphatic carbocycles. The van der Waals surface area contributed by atoms with Crippen LogP contribution in [-0.2, 0) is 21.3 Å². The molecule has 0 amide bonds. The van der Waals surface area contributed by atoms with Gasteiger partial charge in [-0.1, -0.05) is 48.5 Å². The Kier molecular flexibility index (Phi) is 4.46. The van der Waals surface area contributed by atoms with Gasteiger partial charge in [0.2, 0.25) is 5.90 Å². The third kappa shape index (κ3) is 3.79. The summed E-state index contributed by atoms with van der Waals surface area (Å²) < 4.78 is 17.8. The molecule has 21 heavy (non-hydrogen) atoms. The second-order valence-corrected chi connectivity index (χ2v) is 6.50. The summed E-state index contributed by atoms with van der Waals surface area (Å²) in [5.41, 5.74) is 2.08. The van der Waals surface area contributed by atoms with E-state index >= 15 is 0 Å². The molecule has 3 rings (SSSR count). The number of ether oxygens (including phenoxy) is 1. The van der Waals surface area contributed by atoms with E-state index in [4.69, 9.17) is 4.74 Å². The lowest BCUT2D eigenvalue weighted by Gasteiger charge is -2.05. The van der Waals surface area contributed by atoms with Crippen LogP contribution in [0.1, 0.15) is 11.1 Å². The first kappa shape index (κ1) is 14.0. The van der Waals surface area contributed by atoms with E-state index in [2.05, 4.69) is 4.99 Å². The number of benzene rings is 2. The van der Waals surface area contributed by atoms with Gasteiger partial charge in [-0.05, 0) is 17.7 Å². The van der Waals surface area contributed by atoms with Crippen molar-refractivity contribution in [3.63, 3.8) is 0 Å². The molecule has 0 N–H and O–H groups in total. The van der Waals surface area contributed by atoms with Crippen molar-refractivity contribution in [2.24, 2.45) is 4.99 Å². The first-order chi connectivity index (χ1) is 10.3. The molecule has 108 valence electrons. The Morgan fingerprint density at radius 3 is 2.43 bits per heavy atom. The van der Waals surface area contributed by atoms with Crippen molar-refractivity contribution >= 4 is 16.7 Å². The number of aliphatic imine (C=N–C) groups is 1. The highest BCUT2D eigenvalue weighted by molar-refractivity contribution is 7.84. The maximum Gasteiger partial charge on any atom is 0.216 e. The average Bonchev–Trinajstić information content (AvgIpc) is 2.97. The van der Waals surface area contributed by atoms with E-state index in [-0.39, 0.29) is 6.04 Å². The number of hydrogen-bond donors (Lipinski definition) is 0. The summed E-state index contributed by atoms with van der Waals surface area (Å²) in [4.78, 5) is 4.54. The summed E-state index contributed by atoms with van der Waals surface area (Å²) in [5, 5.41) is 0. The average molecular weight is 299 g/mol. The fraction of sp³-hybridized carbons (Fsp3) is 0.235. The first-order valence-corrected chi connectivity index (χ1v) is 8.45. The van der Waals surface area contributed by atoms with Gasteiger partial charge in [-0.25, -0.2) is 4.99 Å². The van der Waals surface area contributed by atoms with Gasteiger partial charge in [-0.15, -0.1) is 0 Å². The summed E-state index contributed by atoms with van der Waals surface area (Å²) in [6, 6.07) is 19.7. The predicted molar refractivity (Wildman–Crippen MR) is 85.9 cm³/mol. The summed E-state index contributed by atoms with van der Waals surface area (Å²) in [5.74, 6) is 1.79. The molecule has 0 saturated heterocycles. The molecule has 0 aromatic heterocycles. The van der Waals surface area contributed by atoms with Gasteiger partial charge in [-0.3, -0.25) is 4.21 Å². The molecule has 0 bridgehead atoms. The van der Waals surface area contributed by atoms with Crippen molar-refractivity contribution in [2.45, 2.75) is 11.8 Å². The van der Waals surface area contributed by atoms with Gasteiger partial charge in [0.25, 0.3) is 0 Å². The van der Waals surface area contributed by atoms with E-state index in [1.54, 1.807) is 0 Å². The molecule has 0 radical (unpaired) electrons. The lowest BCUT2D eigenvalue weighted by Crippen LogP contribution is -2.17. The molecule has 1 aliphatic heterocycles. The molecule has 0 saturated carbocycles. The van der Waals surface area contributed by atoms with Crippen LogP contribution in [0, 0.1) is 0 Å². The van der Waals surface area contributed by atoms with E-state index < -0.39 is 10.8 Å². The monoisotopic (exact) mass is 299 g/mol. The second kappa shape index (κ2) is 6.68. The third-order valence-corrected chi connectivity index (χ3v) is 4.69. The maximum absolute atomic E-state index is 12.2. The summed E-state index contributed by atoms with van der Waals surface area (Å²) >= 11 is 0. The number of hydrogen-bond acceptors (Lipinski definition) is 3. The van der Waals surface area contributed by atoms with Crippen molar-refractivity contribution in [3.8, 4) is 0 Å². The van der Waals surface area contributed by atoms with E-state index in [1.807, 2.05) is 60.7 Å². The van der Waals surface area contributed by atoms with Crippen molar-refractivity contribution in [1.29, 1.82) is 0 Å². The normalized spacial score (nSPS) is 18.9. The van der Waals surface area contributed by atoms with E-state index in [1.165, 1.54) is 0 Å². The van der Waals surface area contributed by atoms with Crippen LogP contribution in [0.3, 0.4) is 0 Å². The highest BCUT2D eigenvalue weighted by Crippen LogP contribution is 2.14. The standard InChI is InChI=1S/C17H17NO2S/c19-21(12-14-7-3-1-4-8-14)13-16-11-20-17(18-16)15-9-5-2-6-10-15/h1-10,16H,11-13H2/t16-,21?/m1/s1. The minimum Gasteiger partial charge on any atom is -0.475 e. The Labute approximate surface area is 127 Å². The van der Waals surface area contributed by atoms with Crippen molar-refractivity contribution in [2.75, 3.05) is 12.4 Å². The lowest BCUT2D eigenvalue weighted by molar-refractivity contribution is 0.325. The Morgan fingerprint density at radius 2 is 1.71 bits per heavy atom. The van der Waals surface area contributed by atoms with Gasteiger partial charge in [0.1, 0.15) is 6.61 Å². The van der Waals surface area contributed by atoms with Crippen LogP contribution >= 0.6 is 0 Å². The Balaban J connectivity index is 1.59. The molecule has 2 atom stereocenters. The number of rotatable bonds is 5. The van der Waals surface area contributed by atoms with Crippen LogP contribution in [0.4, 0.5) is 0 Å². The molecule has 4 heteroatoms. The lowest BCUT2D eigenvalue weighted by atomic mass is 10.2. The van der Waals surface area contributed by atoms with Crippen LogP contribution in [0.15, 0.2) is 65.7 Å². The molecule has 3 nitrogen and oxygen atoms in total. The van der Waals surface area contributed by atoms with Crippen molar-refractivity contribution in [3.05, 3.63) is 71.8 Å². The fourth-order valence-corrected chi connectivity index (χ4v) is 3.56. The molecule has 1 aliphatic rings. The van der Waals surface area contributed by atoms with Crippen LogP contribution in [0.25, 0.3) is 0 Å². The topological polar surface area (TPSA) is 38.7 Å². The first-order valence-electron chi connectivity index (χ1n) is 6.96. The van der Waals surface area contributed by atoms with E-state index in [9.17, 15) is 4.21 Å². The highest BCUT2D eigenvalue weighted by atomic mass is 32.2.